The van der Waals surface area contributed by atoms with Crippen LogP contribution >= 0.6 is 15.9 Å². The van der Waals surface area contributed by atoms with Gasteiger partial charge < -0.3 is 9.47 Å². The molecular weight excluding hydrogens is 284 g/mol. The van der Waals surface area contributed by atoms with E-state index in [4.69, 9.17) is 9.47 Å². The van der Waals surface area contributed by atoms with Crippen LogP contribution in [0.2, 0.25) is 0 Å². The average molecular weight is 297 g/mol. The van der Waals surface area contributed by atoms with Crippen molar-refractivity contribution in [2.75, 3.05) is 6.61 Å². The largest absolute Gasteiger partial charge is 0.489 e. The van der Waals surface area contributed by atoms with Crippen molar-refractivity contribution in [1.29, 1.82) is 0 Å². The van der Waals surface area contributed by atoms with Crippen LogP contribution in [-0.2, 0) is 4.74 Å². The minimum absolute atomic E-state index is 0.0278. The number of benzene rings is 1. The maximum atomic E-state index is 12.4. The van der Waals surface area contributed by atoms with E-state index in [9.17, 15) is 4.79 Å². The van der Waals surface area contributed by atoms with Crippen molar-refractivity contribution in [2.24, 2.45) is 5.92 Å². The summed E-state index contributed by atoms with van der Waals surface area (Å²) in [6.45, 7) is 2.61. The quantitative estimate of drug-likeness (QED) is 0.738. The Morgan fingerprint density at radius 2 is 2.24 bits per heavy atom. The fourth-order valence-corrected chi connectivity index (χ4v) is 2.97. The molecule has 4 heteroatoms. The maximum Gasteiger partial charge on any atom is 0.176 e. The van der Waals surface area contributed by atoms with E-state index in [1.54, 1.807) is 0 Å². The predicted octanol–water partition coefficient (Wildman–Crippen LogP) is 2.82. The third-order valence-electron chi connectivity index (χ3n) is 3.48. The van der Waals surface area contributed by atoms with Gasteiger partial charge in [0.1, 0.15) is 11.9 Å². The van der Waals surface area contributed by atoms with Crippen LogP contribution in [0.1, 0.15) is 23.7 Å². The Hall–Kier alpha value is -0.870. The molecule has 0 spiro atoms. The molecule has 90 valence electrons. The Labute approximate surface area is 108 Å². The highest BCUT2D eigenvalue weighted by Gasteiger charge is 2.43. The Bertz CT molecular complexity index is 472. The first-order valence-corrected chi connectivity index (χ1v) is 6.58. The SMILES string of the molecule is C[C@@H]1OCCC2Oc3ccc(Br)cc3C(=O)[C@H]21. The summed E-state index contributed by atoms with van der Waals surface area (Å²) in [6.07, 6.45) is 0.698. The smallest absolute Gasteiger partial charge is 0.176 e. The zero-order valence-corrected chi connectivity index (χ0v) is 11.1. The monoisotopic (exact) mass is 296 g/mol. The van der Waals surface area contributed by atoms with E-state index in [2.05, 4.69) is 15.9 Å². The van der Waals surface area contributed by atoms with Crippen molar-refractivity contribution in [3.05, 3.63) is 28.2 Å². The summed E-state index contributed by atoms with van der Waals surface area (Å²) in [5.74, 6) is 0.684. The number of carbonyl (C=O) groups excluding carboxylic acids is 1. The predicted molar refractivity (Wildman–Crippen MR) is 66.4 cm³/mol. The van der Waals surface area contributed by atoms with Crippen molar-refractivity contribution in [3.8, 4) is 5.75 Å². The summed E-state index contributed by atoms with van der Waals surface area (Å²) in [5.41, 5.74) is 0.665. The standard InChI is InChI=1S/C13H13BrO3/c1-7-12-11(4-5-16-7)17-10-3-2-8(14)6-9(10)13(12)15/h2-3,6-7,11-12H,4-5H2,1H3/t7-,11?,12-/m0/s1. The Morgan fingerprint density at radius 1 is 1.41 bits per heavy atom. The molecule has 2 aliphatic heterocycles. The molecule has 3 nitrogen and oxygen atoms in total. The molecule has 2 heterocycles. The van der Waals surface area contributed by atoms with Crippen LogP contribution < -0.4 is 4.74 Å². The van der Waals surface area contributed by atoms with E-state index in [-0.39, 0.29) is 23.9 Å². The fourth-order valence-electron chi connectivity index (χ4n) is 2.61. The lowest BCUT2D eigenvalue weighted by molar-refractivity contribution is -0.0657. The molecule has 0 aromatic heterocycles. The van der Waals surface area contributed by atoms with Gasteiger partial charge in [-0.1, -0.05) is 15.9 Å². The molecule has 1 aromatic carbocycles. The van der Waals surface area contributed by atoms with Gasteiger partial charge in [-0.05, 0) is 25.1 Å². The number of ether oxygens (including phenoxy) is 2. The number of Topliss-reactive ketones (excluding diaryl/α,β-unsaturated/α-hetero) is 1. The zero-order valence-electron chi connectivity index (χ0n) is 9.48. The Kier molecular flexibility index (Phi) is 2.71. The van der Waals surface area contributed by atoms with Crippen LogP contribution in [-0.4, -0.2) is 24.6 Å². The van der Waals surface area contributed by atoms with Gasteiger partial charge in [-0.15, -0.1) is 0 Å². The molecule has 1 saturated heterocycles. The second kappa shape index (κ2) is 4.10. The summed E-state index contributed by atoms with van der Waals surface area (Å²) in [7, 11) is 0. The number of carbonyl (C=O) groups is 1. The van der Waals surface area contributed by atoms with Crippen molar-refractivity contribution < 1.29 is 14.3 Å². The third kappa shape index (κ3) is 1.79. The molecule has 0 saturated carbocycles. The van der Waals surface area contributed by atoms with Gasteiger partial charge >= 0.3 is 0 Å². The lowest BCUT2D eigenvalue weighted by atomic mass is 9.83. The first-order chi connectivity index (χ1) is 8.16. The van der Waals surface area contributed by atoms with E-state index in [1.807, 2.05) is 25.1 Å². The zero-order chi connectivity index (χ0) is 12.0. The molecule has 3 atom stereocenters. The van der Waals surface area contributed by atoms with E-state index < -0.39 is 0 Å². The van der Waals surface area contributed by atoms with Gasteiger partial charge in [0.15, 0.2) is 5.78 Å². The van der Waals surface area contributed by atoms with Gasteiger partial charge in [0.05, 0.1) is 24.2 Å². The van der Waals surface area contributed by atoms with Crippen molar-refractivity contribution in [3.63, 3.8) is 0 Å². The molecular formula is C13H13BrO3. The molecule has 1 fully saturated rings. The summed E-state index contributed by atoms with van der Waals surface area (Å²) in [6, 6.07) is 5.58. The van der Waals surface area contributed by atoms with Gasteiger partial charge in [-0.3, -0.25) is 4.79 Å². The number of halogens is 1. The first kappa shape index (κ1) is 11.2. The highest BCUT2D eigenvalue weighted by atomic mass is 79.9. The number of ketones is 1. The van der Waals surface area contributed by atoms with Crippen LogP contribution in [0.5, 0.6) is 5.75 Å². The van der Waals surface area contributed by atoms with Crippen LogP contribution in [0.15, 0.2) is 22.7 Å². The second-order valence-corrected chi connectivity index (χ2v) is 5.47. The van der Waals surface area contributed by atoms with Crippen LogP contribution in [0.25, 0.3) is 0 Å². The van der Waals surface area contributed by atoms with Gasteiger partial charge in [0, 0.05) is 10.9 Å². The van der Waals surface area contributed by atoms with Gasteiger partial charge in [-0.2, -0.15) is 0 Å². The number of fused-ring (bicyclic) bond motifs is 2. The molecule has 0 N–H and O–H groups in total. The van der Waals surface area contributed by atoms with Gasteiger partial charge in [0.2, 0.25) is 0 Å². The minimum Gasteiger partial charge on any atom is -0.489 e. The van der Waals surface area contributed by atoms with Gasteiger partial charge in [-0.25, -0.2) is 0 Å². The first-order valence-electron chi connectivity index (χ1n) is 5.79. The minimum atomic E-state index is -0.162. The number of hydrogen-bond donors (Lipinski definition) is 0. The summed E-state index contributed by atoms with van der Waals surface area (Å²) >= 11 is 3.38. The van der Waals surface area contributed by atoms with Crippen molar-refractivity contribution in [2.45, 2.75) is 25.6 Å². The summed E-state index contributed by atoms with van der Waals surface area (Å²) in [4.78, 5) is 12.4. The normalized spacial score (nSPS) is 31.4. The summed E-state index contributed by atoms with van der Waals surface area (Å²) in [5, 5.41) is 0. The summed E-state index contributed by atoms with van der Waals surface area (Å²) < 4.78 is 12.4. The van der Waals surface area contributed by atoms with Crippen LogP contribution in [0.4, 0.5) is 0 Å². The van der Waals surface area contributed by atoms with Crippen LogP contribution in [0, 0.1) is 5.92 Å². The number of rotatable bonds is 0. The lowest BCUT2D eigenvalue weighted by Gasteiger charge is -2.39. The molecule has 0 amide bonds. The van der Waals surface area contributed by atoms with E-state index >= 15 is 0 Å². The molecule has 3 rings (SSSR count). The molecule has 0 radical (unpaired) electrons. The second-order valence-electron chi connectivity index (χ2n) is 4.55. The lowest BCUT2D eigenvalue weighted by Crippen LogP contribution is -2.48. The van der Waals surface area contributed by atoms with E-state index in [0.717, 1.165) is 10.9 Å². The maximum absolute atomic E-state index is 12.4. The Morgan fingerprint density at radius 3 is 3.06 bits per heavy atom. The topological polar surface area (TPSA) is 35.5 Å². The molecule has 1 unspecified atom stereocenters. The average Bonchev–Trinajstić information content (AvgIpc) is 2.30. The molecule has 0 aliphatic carbocycles. The highest BCUT2D eigenvalue weighted by Crippen LogP contribution is 2.37. The van der Waals surface area contributed by atoms with E-state index in [0.29, 0.717) is 17.9 Å². The van der Waals surface area contributed by atoms with Crippen molar-refractivity contribution >= 4 is 21.7 Å². The molecule has 1 aromatic rings. The third-order valence-corrected chi connectivity index (χ3v) is 3.97. The molecule has 0 bridgehead atoms. The molecule has 2 aliphatic rings. The van der Waals surface area contributed by atoms with Gasteiger partial charge in [0.25, 0.3) is 0 Å². The van der Waals surface area contributed by atoms with Crippen molar-refractivity contribution in [1.82, 2.24) is 0 Å². The van der Waals surface area contributed by atoms with E-state index in [1.165, 1.54) is 0 Å². The highest BCUT2D eigenvalue weighted by molar-refractivity contribution is 9.10. The number of hydrogen-bond acceptors (Lipinski definition) is 3. The Balaban J connectivity index is 2.04. The van der Waals surface area contributed by atoms with Crippen LogP contribution in [0.3, 0.4) is 0 Å². The fraction of sp³-hybridized carbons (Fsp3) is 0.462. The molecule has 17 heavy (non-hydrogen) atoms.